The number of hydrogen-bond acceptors (Lipinski definition) is 6. The molecule has 0 saturated heterocycles. The highest BCUT2D eigenvalue weighted by molar-refractivity contribution is 5.72. The van der Waals surface area contributed by atoms with Crippen LogP contribution in [0.1, 0.15) is 42.4 Å². The summed E-state index contributed by atoms with van der Waals surface area (Å²) in [4.78, 5) is 10.8. The Kier molecular flexibility index (Phi) is 4.72. The zero-order valence-corrected chi connectivity index (χ0v) is 16.4. The normalized spacial score (nSPS) is 15.5. The first-order valence-electron chi connectivity index (χ1n) is 9.41. The van der Waals surface area contributed by atoms with Gasteiger partial charge in [-0.25, -0.2) is 0 Å². The van der Waals surface area contributed by atoms with Crippen LogP contribution in [0.4, 0.5) is 5.69 Å². The molecule has 0 bridgehead atoms. The molecule has 1 aliphatic heterocycles. The summed E-state index contributed by atoms with van der Waals surface area (Å²) in [5, 5.41) is 28.1. The number of nitrogens with two attached hydrogens (primary N) is 1. The molecule has 0 unspecified atom stereocenters. The van der Waals surface area contributed by atoms with Crippen molar-refractivity contribution in [3.05, 3.63) is 86.8 Å². The first-order chi connectivity index (χ1) is 14.4. The van der Waals surface area contributed by atoms with Gasteiger partial charge >= 0.3 is 0 Å². The summed E-state index contributed by atoms with van der Waals surface area (Å²) in [5.41, 5.74) is 10.0. The largest absolute Gasteiger partial charge is 0.420 e. The Balaban J connectivity index is 1.90. The Bertz CT molecular complexity index is 1200. The summed E-state index contributed by atoms with van der Waals surface area (Å²) in [5.74, 6) is 0.119. The molecule has 1 atom stereocenters. The van der Waals surface area contributed by atoms with Crippen LogP contribution in [0.2, 0.25) is 0 Å². The fourth-order valence-electron chi connectivity index (χ4n) is 3.65. The number of aromatic nitrogens is 2. The molecule has 4 rings (SSSR count). The van der Waals surface area contributed by atoms with Gasteiger partial charge in [0, 0.05) is 17.7 Å². The van der Waals surface area contributed by atoms with Crippen molar-refractivity contribution in [2.75, 3.05) is 0 Å². The van der Waals surface area contributed by atoms with E-state index in [-0.39, 0.29) is 23.0 Å². The molecule has 2 heterocycles. The molecule has 0 fully saturated rings. The molecule has 1 aromatic heterocycles. The number of rotatable bonds is 4. The number of nitro benzene ring substituents is 1. The van der Waals surface area contributed by atoms with Crippen molar-refractivity contribution in [3.8, 4) is 23.2 Å². The smallest absolute Gasteiger partial charge is 0.270 e. The van der Waals surface area contributed by atoms with Crippen LogP contribution in [-0.4, -0.2) is 15.1 Å². The summed E-state index contributed by atoms with van der Waals surface area (Å²) >= 11 is 0. The number of benzene rings is 2. The summed E-state index contributed by atoms with van der Waals surface area (Å²) in [6, 6.07) is 16.4. The molecular formula is C22H19N5O3. The van der Waals surface area contributed by atoms with Crippen LogP contribution in [0.3, 0.4) is 0 Å². The lowest BCUT2D eigenvalue weighted by Gasteiger charge is -2.24. The highest BCUT2D eigenvalue weighted by Gasteiger charge is 2.35. The third-order valence-corrected chi connectivity index (χ3v) is 5.22. The number of nitrogens with one attached hydrogen (secondary N) is 1. The van der Waals surface area contributed by atoms with Crippen molar-refractivity contribution in [2.24, 2.45) is 5.73 Å². The van der Waals surface area contributed by atoms with Gasteiger partial charge in [0.1, 0.15) is 11.6 Å². The Hall–Kier alpha value is -4.12. The van der Waals surface area contributed by atoms with Crippen LogP contribution < -0.4 is 10.5 Å². The van der Waals surface area contributed by atoms with E-state index in [1.807, 2.05) is 24.3 Å². The number of nitrogens with zero attached hydrogens (tertiary/aromatic N) is 3. The average molecular weight is 401 g/mol. The average Bonchev–Trinajstić information content (AvgIpc) is 3.16. The minimum absolute atomic E-state index is 0.0000262. The first kappa shape index (κ1) is 19.2. The predicted molar refractivity (Wildman–Crippen MR) is 111 cm³/mol. The quantitative estimate of drug-likeness (QED) is 0.494. The Labute approximate surface area is 172 Å². The van der Waals surface area contributed by atoms with Gasteiger partial charge in [-0.1, -0.05) is 50.2 Å². The molecule has 8 heteroatoms. The molecule has 0 amide bonds. The minimum atomic E-state index is -0.507. The summed E-state index contributed by atoms with van der Waals surface area (Å²) in [6.07, 6.45) is 0. The van der Waals surface area contributed by atoms with Gasteiger partial charge in [-0.15, -0.1) is 5.10 Å². The predicted octanol–water partition coefficient (Wildman–Crippen LogP) is 4.33. The van der Waals surface area contributed by atoms with E-state index in [2.05, 4.69) is 30.1 Å². The van der Waals surface area contributed by atoms with Crippen LogP contribution in [0.5, 0.6) is 5.88 Å². The van der Waals surface area contributed by atoms with Crippen LogP contribution >= 0.6 is 0 Å². The van der Waals surface area contributed by atoms with E-state index < -0.39 is 10.8 Å². The molecule has 0 aliphatic carbocycles. The van der Waals surface area contributed by atoms with Gasteiger partial charge in [0.05, 0.1) is 22.1 Å². The van der Waals surface area contributed by atoms with E-state index in [4.69, 9.17) is 10.5 Å². The number of ether oxygens (including phenoxy) is 1. The van der Waals surface area contributed by atoms with E-state index in [9.17, 15) is 15.4 Å². The molecule has 1 aliphatic rings. The number of nitro groups is 1. The van der Waals surface area contributed by atoms with Gasteiger partial charge in [0.25, 0.3) is 5.69 Å². The van der Waals surface area contributed by atoms with Crippen molar-refractivity contribution in [3.63, 3.8) is 0 Å². The molecule has 0 spiro atoms. The van der Waals surface area contributed by atoms with Gasteiger partial charge in [-0.3, -0.25) is 15.2 Å². The highest BCUT2D eigenvalue weighted by Crippen LogP contribution is 2.46. The van der Waals surface area contributed by atoms with Gasteiger partial charge in [-0.2, -0.15) is 5.26 Å². The van der Waals surface area contributed by atoms with Crippen LogP contribution in [0.15, 0.2) is 60.0 Å². The highest BCUT2D eigenvalue weighted by atomic mass is 16.6. The van der Waals surface area contributed by atoms with E-state index in [1.165, 1.54) is 17.7 Å². The third kappa shape index (κ3) is 3.16. The molecule has 150 valence electrons. The Morgan fingerprint density at radius 1 is 1.27 bits per heavy atom. The number of H-pyrrole nitrogens is 1. The van der Waals surface area contributed by atoms with Crippen molar-refractivity contribution < 1.29 is 9.66 Å². The lowest BCUT2D eigenvalue weighted by molar-refractivity contribution is -0.384. The van der Waals surface area contributed by atoms with Crippen molar-refractivity contribution >= 4 is 5.69 Å². The van der Waals surface area contributed by atoms with Crippen molar-refractivity contribution in [1.29, 1.82) is 5.26 Å². The van der Waals surface area contributed by atoms with Crippen LogP contribution in [0, 0.1) is 21.4 Å². The van der Waals surface area contributed by atoms with Gasteiger partial charge in [0.2, 0.25) is 11.8 Å². The monoisotopic (exact) mass is 401 g/mol. The molecule has 3 aromatic rings. The van der Waals surface area contributed by atoms with E-state index in [0.29, 0.717) is 22.7 Å². The lowest BCUT2D eigenvalue weighted by atomic mass is 9.82. The zero-order chi connectivity index (χ0) is 21.4. The summed E-state index contributed by atoms with van der Waals surface area (Å²) in [6.45, 7) is 4.22. The number of hydrogen-bond donors (Lipinski definition) is 2. The molecule has 8 nitrogen and oxygen atoms in total. The molecule has 30 heavy (non-hydrogen) atoms. The maximum Gasteiger partial charge on any atom is 0.270 e. The number of allylic oxidation sites excluding steroid dienone is 1. The van der Waals surface area contributed by atoms with E-state index in [1.54, 1.807) is 12.1 Å². The van der Waals surface area contributed by atoms with Gasteiger partial charge in [0.15, 0.2) is 0 Å². The third-order valence-electron chi connectivity index (χ3n) is 5.22. The fourth-order valence-corrected chi connectivity index (χ4v) is 3.65. The summed E-state index contributed by atoms with van der Waals surface area (Å²) in [7, 11) is 0. The topological polar surface area (TPSA) is 131 Å². The fraction of sp³-hybridized carbons (Fsp3) is 0.182. The number of nitriles is 1. The molecule has 3 N–H and O–H groups in total. The first-order valence-corrected chi connectivity index (χ1v) is 9.41. The maximum atomic E-state index is 11.2. The zero-order valence-electron chi connectivity index (χ0n) is 16.4. The minimum Gasteiger partial charge on any atom is -0.420 e. The van der Waals surface area contributed by atoms with Crippen molar-refractivity contribution in [1.82, 2.24) is 10.2 Å². The standard InChI is InChI=1S/C22H19N5O3/c1-12(2)13-6-8-14(9-7-13)18-17(11-23)21(24)30-22-19(18)20(25-26-22)15-4-3-5-16(10-15)27(28)29/h3-10,12,18H,24H2,1-2H3,(H,25,26)/t18-/m0/s1. The van der Waals surface area contributed by atoms with E-state index in [0.717, 1.165) is 5.56 Å². The second-order valence-electron chi connectivity index (χ2n) is 7.37. The van der Waals surface area contributed by atoms with Crippen LogP contribution in [-0.2, 0) is 0 Å². The molecule has 0 radical (unpaired) electrons. The number of fused-ring (bicyclic) bond motifs is 1. The molecular weight excluding hydrogens is 382 g/mol. The summed E-state index contributed by atoms with van der Waals surface area (Å²) < 4.78 is 5.59. The number of non-ortho nitro benzene ring substituents is 1. The SMILES string of the molecule is CC(C)c1ccc([C@H]2C(C#N)=C(N)Oc3n[nH]c(-c4cccc([N+](=O)[O-])c4)c32)cc1. The Morgan fingerprint density at radius 3 is 2.63 bits per heavy atom. The Morgan fingerprint density at radius 2 is 2.00 bits per heavy atom. The lowest BCUT2D eigenvalue weighted by Crippen LogP contribution is -2.21. The van der Waals surface area contributed by atoms with Crippen LogP contribution in [0.25, 0.3) is 11.3 Å². The van der Waals surface area contributed by atoms with E-state index >= 15 is 0 Å². The maximum absolute atomic E-state index is 11.2. The van der Waals surface area contributed by atoms with Gasteiger partial charge < -0.3 is 10.5 Å². The molecule has 0 saturated carbocycles. The van der Waals surface area contributed by atoms with Gasteiger partial charge in [-0.05, 0) is 17.0 Å². The number of aromatic amines is 1. The van der Waals surface area contributed by atoms with Crippen molar-refractivity contribution in [2.45, 2.75) is 25.7 Å². The second kappa shape index (κ2) is 7.37. The molecule has 2 aromatic carbocycles. The second-order valence-corrected chi connectivity index (χ2v) is 7.37.